The number of nitrogens with zero attached hydrogens (tertiary/aromatic N) is 2. The number of hydrogen-bond donors (Lipinski definition) is 3. The smallest absolute Gasteiger partial charge is 0.354 e. The Balaban J connectivity index is 0. The van der Waals surface area contributed by atoms with E-state index in [1.165, 1.54) is 0 Å². The Hall–Kier alpha value is -1.41. The van der Waals surface area contributed by atoms with Gasteiger partial charge in [0.15, 0.2) is 0 Å². The minimum atomic E-state index is -0.714. The molecule has 0 radical (unpaired) electrons. The highest BCUT2D eigenvalue weighted by Gasteiger charge is 2.05. The Kier molecular flexibility index (Phi) is 11.4. The van der Waals surface area contributed by atoms with Crippen molar-refractivity contribution >= 4 is 23.7 Å². The first kappa shape index (κ1) is 16.0. The molecule has 4 N–H and O–H groups in total. The van der Waals surface area contributed by atoms with Crippen LogP contribution in [0.5, 0.6) is 0 Å². The third-order valence-corrected chi connectivity index (χ3v) is 1.38. The number of nitrogens with two attached hydrogens (primary N) is 1. The van der Waals surface area contributed by atoms with E-state index in [-0.39, 0.29) is 12.5 Å². The Morgan fingerprint density at radius 2 is 2.07 bits per heavy atom. The van der Waals surface area contributed by atoms with Crippen molar-refractivity contribution < 1.29 is 9.59 Å². The van der Waals surface area contributed by atoms with Crippen LogP contribution in [0.2, 0.25) is 0 Å². The summed E-state index contributed by atoms with van der Waals surface area (Å²) in [7, 11) is 1.67. The van der Waals surface area contributed by atoms with Crippen molar-refractivity contribution in [1.82, 2.24) is 15.2 Å². The van der Waals surface area contributed by atoms with Crippen molar-refractivity contribution in [3.8, 4) is 0 Å². The van der Waals surface area contributed by atoms with Crippen LogP contribution in [0.4, 0.5) is 4.79 Å². The van der Waals surface area contributed by atoms with Crippen LogP contribution in [-0.4, -0.2) is 36.5 Å². The molecule has 0 heterocycles. The largest absolute Gasteiger partial charge is 0.369 e. The van der Waals surface area contributed by atoms with Crippen molar-refractivity contribution in [2.24, 2.45) is 11.0 Å². The van der Waals surface area contributed by atoms with E-state index in [0.717, 1.165) is 4.42 Å². The predicted octanol–water partition coefficient (Wildman–Crippen LogP) is -0.456. The molecular formula is C6H14ClN5O3. The summed E-state index contributed by atoms with van der Waals surface area (Å²) in [5.74, 6) is -0.322. The van der Waals surface area contributed by atoms with Crippen LogP contribution in [0.1, 0.15) is 6.92 Å². The van der Waals surface area contributed by atoms with E-state index < -0.39 is 6.03 Å². The molecule has 0 aliphatic rings. The molecular weight excluding hydrogens is 226 g/mol. The van der Waals surface area contributed by atoms with Gasteiger partial charge in [-0.25, -0.2) is 9.21 Å². The molecule has 0 spiro atoms. The molecule has 3 amide bonds. The number of halogens is 1. The van der Waals surface area contributed by atoms with Gasteiger partial charge in [-0.05, 0) is 14.0 Å². The molecule has 0 bridgehead atoms. The van der Waals surface area contributed by atoms with Crippen molar-refractivity contribution in [2.75, 3.05) is 20.1 Å². The zero-order chi connectivity index (χ0) is 12.3. The average Bonchev–Trinajstić information content (AvgIpc) is 2.17. The number of carbonyl (C=O) groups is 2. The van der Waals surface area contributed by atoms with Gasteiger partial charge < -0.3 is 11.1 Å². The Morgan fingerprint density at radius 3 is 2.27 bits per heavy atom. The third-order valence-electron chi connectivity index (χ3n) is 0.990. The van der Waals surface area contributed by atoms with E-state index in [1.807, 2.05) is 0 Å². The van der Waals surface area contributed by atoms with Gasteiger partial charge in [-0.3, -0.25) is 4.79 Å². The molecule has 15 heavy (non-hydrogen) atoms. The van der Waals surface area contributed by atoms with Gasteiger partial charge >= 0.3 is 6.03 Å². The lowest BCUT2D eigenvalue weighted by Crippen LogP contribution is -2.29. The van der Waals surface area contributed by atoms with Crippen LogP contribution >= 0.6 is 11.8 Å². The van der Waals surface area contributed by atoms with Crippen LogP contribution in [0.15, 0.2) is 5.29 Å². The van der Waals surface area contributed by atoms with E-state index in [9.17, 15) is 14.5 Å². The molecule has 0 aromatic carbocycles. The lowest BCUT2D eigenvalue weighted by atomic mass is 10.6. The van der Waals surface area contributed by atoms with Crippen LogP contribution in [0, 0.1) is 4.91 Å². The quantitative estimate of drug-likeness (QED) is 0.350. The number of hydrogen-bond acceptors (Lipinski definition) is 5. The van der Waals surface area contributed by atoms with E-state index in [4.69, 9.17) is 17.5 Å². The molecule has 0 saturated carbocycles. The first-order chi connectivity index (χ1) is 6.99. The summed E-state index contributed by atoms with van der Waals surface area (Å²) in [6.07, 6.45) is 0. The molecule has 9 heteroatoms. The minimum absolute atomic E-state index is 0.264. The van der Waals surface area contributed by atoms with Gasteiger partial charge in [0.05, 0.1) is 11.8 Å². The highest BCUT2D eigenvalue weighted by atomic mass is 35.5. The number of amides is 3. The van der Waals surface area contributed by atoms with Crippen LogP contribution < -0.4 is 16.5 Å². The maximum atomic E-state index is 10.4. The fourth-order valence-electron chi connectivity index (χ4n) is 0.411. The van der Waals surface area contributed by atoms with Gasteiger partial charge in [-0.15, -0.1) is 4.91 Å². The molecule has 0 unspecified atom stereocenters. The SMILES string of the molecule is CCN(Cl)C(=O)NN=O.CNCC(N)=O. The summed E-state index contributed by atoms with van der Waals surface area (Å²) in [6, 6.07) is -0.714. The van der Waals surface area contributed by atoms with Crippen LogP contribution in [0.3, 0.4) is 0 Å². The van der Waals surface area contributed by atoms with Crippen molar-refractivity contribution in [2.45, 2.75) is 6.92 Å². The lowest BCUT2D eigenvalue weighted by molar-refractivity contribution is -0.117. The number of rotatable bonds is 4. The Labute approximate surface area is 92.2 Å². The fourth-order valence-corrected chi connectivity index (χ4v) is 0.449. The molecule has 0 aromatic rings. The molecule has 0 aliphatic carbocycles. The zero-order valence-electron chi connectivity index (χ0n) is 8.49. The molecule has 0 aliphatic heterocycles. The number of urea groups is 1. The average molecular weight is 240 g/mol. The number of nitrogens with one attached hydrogen (secondary N) is 2. The topological polar surface area (TPSA) is 117 Å². The van der Waals surface area contributed by atoms with Crippen molar-refractivity contribution in [3.05, 3.63) is 4.91 Å². The first-order valence-electron chi connectivity index (χ1n) is 3.98. The number of primary amides is 1. The highest BCUT2D eigenvalue weighted by Crippen LogP contribution is 1.91. The molecule has 0 rings (SSSR count). The predicted molar refractivity (Wildman–Crippen MR) is 55.7 cm³/mol. The molecule has 0 saturated heterocycles. The maximum Gasteiger partial charge on any atom is 0.354 e. The van der Waals surface area contributed by atoms with Crippen LogP contribution in [0.25, 0.3) is 0 Å². The second-order valence-corrected chi connectivity index (χ2v) is 2.59. The summed E-state index contributed by atoms with van der Waals surface area (Å²) >= 11 is 5.22. The molecule has 0 atom stereocenters. The third kappa shape index (κ3) is 12.6. The summed E-state index contributed by atoms with van der Waals surface area (Å²) in [5, 5.41) is 4.72. The van der Waals surface area contributed by atoms with E-state index in [1.54, 1.807) is 19.4 Å². The highest BCUT2D eigenvalue weighted by molar-refractivity contribution is 6.20. The van der Waals surface area contributed by atoms with Gasteiger partial charge in [-0.2, -0.15) is 5.43 Å². The van der Waals surface area contributed by atoms with Crippen molar-refractivity contribution in [1.29, 1.82) is 0 Å². The summed E-state index contributed by atoms with van der Waals surface area (Å²) < 4.78 is 0.807. The summed E-state index contributed by atoms with van der Waals surface area (Å²) in [6.45, 7) is 2.25. The Bertz CT molecular complexity index is 213. The summed E-state index contributed by atoms with van der Waals surface area (Å²) in [5.41, 5.74) is 6.32. The summed E-state index contributed by atoms with van der Waals surface area (Å²) in [4.78, 5) is 29.5. The van der Waals surface area contributed by atoms with Crippen molar-refractivity contribution in [3.63, 3.8) is 0 Å². The van der Waals surface area contributed by atoms with Gasteiger partial charge in [0.1, 0.15) is 0 Å². The molecule has 88 valence electrons. The van der Waals surface area contributed by atoms with E-state index in [2.05, 4.69) is 10.6 Å². The van der Waals surface area contributed by atoms with Gasteiger partial charge in [-0.1, -0.05) is 0 Å². The first-order valence-corrected chi connectivity index (χ1v) is 4.31. The van der Waals surface area contributed by atoms with Gasteiger partial charge in [0.2, 0.25) is 5.91 Å². The van der Waals surface area contributed by atoms with Gasteiger partial charge in [0.25, 0.3) is 0 Å². The standard InChI is InChI=1S/C3H6ClN3O2.C3H8N2O/c1-2-7(4)3(8)5-6-9;1-5-2-3(4)6/h2H2,1H3,(H,5,8,9);5H,2H2,1H3,(H2,4,6). The molecule has 0 aromatic heterocycles. The van der Waals surface area contributed by atoms with Gasteiger partial charge in [0, 0.05) is 18.3 Å². The second-order valence-electron chi connectivity index (χ2n) is 2.18. The number of nitroso groups, excluding NO2 is 1. The monoisotopic (exact) mass is 239 g/mol. The lowest BCUT2D eigenvalue weighted by Gasteiger charge is -2.06. The Morgan fingerprint density at radius 1 is 1.53 bits per heavy atom. The number of likely N-dealkylation sites (N-methyl/N-ethyl adjacent to an activating group) is 1. The molecule has 0 fully saturated rings. The maximum absolute atomic E-state index is 10.4. The zero-order valence-corrected chi connectivity index (χ0v) is 9.24. The fraction of sp³-hybridized carbons (Fsp3) is 0.667. The van der Waals surface area contributed by atoms with E-state index >= 15 is 0 Å². The van der Waals surface area contributed by atoms with E-state index in [0.29, 0.717) is 6.54 Å². The van der Waals surface area contributed by atoms with Crippen LogP contribution in [-0.2, 0) is 4.79 Å². The normalized spacial score (nSPS) is 8.20. The minimum Gasteiger partial charge on any atom is -0.369 e. The molecule has 8 nitrogen and oxygen atoms in total. The number of carbonyl (C=O) groups excluding carboxylic acids is 2. The second kappa shape index (κ2) is 10.7.